The normalized spacial score (nSPS) is 10.9. The van der Waals surface area contributed by atoms with E-state index >= 15 is 0 Å². The summed E-state index contributed by atoms with van der Waals surface area (Å²) in [6.07, 6.45) is 0. The average molecular weight is 326 g/mol. The van der Waals surface area contributed by atoms with Crippen LogP contribution in [0.1, 0.15) is 5.56 Å². The number of hydrogen-bond acceptors (Lipinski definition) is 4. The van der Waals surface area contributed by atoms with Gasteiger partial charge in [0, 0.05) is 0 Å². The average Bonchev–Trinajstić information content (AvgIpc) is 2.43. The van der Waals surface area contributed by atoms with E-state index in [2.05, 4.69) is 4.72 Å². The minimum absolute atomic E-state index is 0.0635. The lowest BCUT2D eigenvalue weighted by Gasteiger charge is -2.10. The molecular weight excluding hydrogens is 317 g/mol. The van der Waals surface area contributed by atoms with Gasteiger partial charge in [0.05, 0.1) is 32.9 Å². The van der Waals surface area contributed by atoms with E-state index in [9.17, 15) is 12.8 Å². The molecule has 0 spiro atoms. The SMILES string of the molecule is N#Cc1ccc(NS(=O)(=O)c2ccc(N)c(F)c2)c(Cl)c1. The van der Waals surface area contributed by atoms with E-state index < -0.39 is 15.8 Å². The van der Waals surface area contributed by atoms with E-state index in [4.69, 9.17) is 22.6 Å². The molecule has 0 unspecified atom stereocenters. The Balaban J connectivity index is 2.37. The zero-order valence-corrected chi connectivity index (χ0v) is 12.0. The van der Waals surface area contributed by atoms with Crippen LogP contribution in [0.2, 0.25) is 5.02 Å². The van der Waals surface area contributed by atoms with Crippen LogP contribution in [0.4, 0.5) is 15.8 Å². The van der Waals surface area contributed by atoms with Gasteiger partial charge in [-0.05, 0) is 36.4 Å². The molecule has 0 aliphatic heterocycles. The quantitative estimate of drug-likeness (QED) is 0.848. The van der Waals surface area contributed by atoms with Crippen molar-refractivity contribution in [2.75, 3.05) is 10.5 Å². The third kappa shape index (κ3) is 3.24. The van der Waals surface area contributed by atoms with Gasteiger partial charge in [0.1, 0.15) is 5.82 Å². The maximum absolute atomic E-state index is 13.3. The van der Waals surface area contributed by atoms with Gasteiger partial charge in [0.2, 0.25) is 0 Å². The Bertz CT molecular complexity index is 847. The zero-order valence-electron chi connectivity index (χ0n) is 10.5. The van der Waals surface area contributed by atoms with Crippen LogP contribution in [0.5, 0.6) is 0 Å². The Morgan fingerprint density at radius 1 is 1.24 bits per heavy atom. The first-order chi connectivity index (χ1) is 9.83. The summed E-state index contributed by atoms with van der Waals surface area (Å²) in [5.41, 5.74) is 5.53. The highest BCUT2D eigenvalue weighted by atomic mass is 35.5. The molecule has 108 valence electrons. The Kier molecular flexibility index (Phi) is 4.02. The van der Waals surface area contributed by atoms with E-state index in [-0.39, 0.29) is 21.3 Å². The molecule has 21 heavy (non-hydrogen) atoms. The number of nitriles is 1. The highest BCUT2D eigenvalue weighted by Gasteiger charge is 2.17. The van der Waals surface area contributed by atoms with E-state index in [0.29, 0.717) is 5.56 Å². The number of anilines is 2. The highest BCUT2D eigenvalue weighted by molar-refractivity contribution is 7.92. The van der Waals surface area contributed by atoms with Gasteiger partial charge >= 0.3 is 0 Å². The molecular formula is C13H9ClFN3O2S. The lowest BCUT2D eigenvalue weighted by Crippen LogP contribution is -2.13. The van der Waals surface area contributed by atoms with Crippen molar-refractivity contribution in [2.24, 2.45) is 0 Å². The van der Waals surface area contributed by atoms with Crippen LogP contribution in [-0.2, 0) is 10.0 Å². The molecule has 5 nitrogen and oxygen atoms in total. The highest BCUT2D eigenvalue weighted by Crippen LogP contribution is 2.26. The summed E-state index contributed by atoms with van der Waals surface area (Å²) in [6.45, 7) is 0. The molecule has 0 aliphatic rings. The first kappa shape index (κ1) is 15.1. The maximum Gasteiger partial charge on any atom is 0.262 e. The molecule has 0 bridgehead atoms. The van der Waals surface area contributed by atoms with Crippen LogP contribution in [0.3, 0.4) is 0 Å². The second-order valence-electron chi connectivity index (χ2n) is 4.10. The number of benzene rings is 2. The van der Waals surface area contributed by atoms with Crippen LogP contribution >= 0.6 is 11.6 Å². The van der Waals surface area contributed by atoms with Crippen LogP contribution in [0.25, 0.3) is 0 Å². The molecule has 0 aromatic heterocycles. The van der Waals surface area contributed by atoms with Gasteiger partial charge in [-0.1, -0.05) is 11.6 Å². The Morgan fingerprint density at radius 2 is 1.95 bits per heavy atom. The van der Waals surface area contributed by atoms with Crippen molar-refractivity contribution in [3.63, 3.8) is 0 Å². The smallest absolute Gasteiger partial charge is 0.262 e. The van der Waals surface area contributed by atoms with E-state index in [1.54, 1.807) is 0 Å². The maximum atomic E-state index is 13.3. The molecule has 3 N–H and O–H groups in total. The minimum atomic E-state index is -4.01. The number of nitrogen functional groups attached to an aromatic ring is 1. The fourth-order valence-corrected chi connectivity index (χ4v) is 2.92. The van der Waals surface area contributed by atoms with Crippen LogP contribution in [-0.4, -0.2) is 8.42 Å². The summed E-state index contributed by atoms with van der Waals surface area (Å²) in [5.74, 6) is -0.830. The van der Waals surface area contributed by atoms with Crippen molar-refractivity contribution in [1.82, 2.24) is 0 Å². The summed E-state index contributed by atoms with van der Waals surface area (Å²) in [4.78, 5) is -0.283. The monoisotopic (exact) mass is 325 g/mol. The number of hydrogen-bond donors (Lipinski definition) is 2. The largest absolute Gasteiger partial charge is 0.396 e. The van der Waals surface area contributed by atoms with Gasteiger partial charge in [-0.2, -0.15) is 5.26 Å². The number of nitrogens with two attached hydrogens (primary N) is 1. The van der Waals surface area contributed by atoms with Gasteiger partial charge in [0.15, 0.2) is 0 Å². The Labute approximate surface area is 125 Å². The predicted octanol–water partition coefficient (Wildman–Crippen LogP) is 2.73. The number of nitrogens with zero attached hydrogens (tertiary/aromatic N) is 1. The summed E-state index contributed by atoms with van der Waals surface area (Å²) in [5, 5.41) is 8.78. The molecule has 0 atom stereocenters. The van der Waals surface area contributed by atoms with Crippen molar-refractivity contribution in [1.29, 1.82) is 5.26 Å². The van der Waals surface area contributed by atoms with Gasteiger partial charge in [-0.25, -0.2) is 12.8 Å². The Hall–Kier alpha value is -2.30. The van der Waals surface area contributed by atoms with E-state index in [1.807, 2.05) is 6.07 Å². The standard InChI is InChI=1S/C13H9ClFN3O2S/c14-10-5-8(7-16)1-4-13(10)18-21(19,20)9-2-3-12(17)11(15)6-9/h1-6,18H,17H2. The molecule has 0 saturated heterocycles. The summed E-state index contributed by atoms with van der Waals surface area (Å²) in [7, 11) is -4.01. The number of sulfonamides is 1. The molecule has 2 rings (SSSR count). The number of rotatable bonds is 3. The van der Waals surface area contributed by atoms with Gasteiger partial charge < -0.3 is 5.73 Å². The summed E-state index contributed by atoms with van der Waals surface area (Å²) >= 11 is 5.89. The van der Waals surface area contributed by atoms with Crippen molar-refractivity contribution in [3.8, 4) is 6.07 Å². The van der Waals surface area contributed by atoms with Gasteiger partial charge in [-0.3, -0.25) is 4.72 Å². The summed E-state index contributed by atoms with van der Waals surface area (Å²) in [6, 6.07) is 9.11. The zero-order chi connectivity index (χ0) is 15.6. The first-order valence-corrected chi connectivity index (χ1v) is 7.47. The van der Waals surface area contributed by atoms with Crippen LogP contribution in [0.15, 0.2) is 41.3 Å². The predicted molar refractivity (Wildman–Crippen MR) is 77.8 cm³/mol. The topological polar surface area (TPSA) is 96.0 Å². The van der Waals surface area contributed by atoms with Gasteiger partial charge in [0.25, 0.3) is 10.0 Å². The van der Waals surface area contributed by atoms with Crippen LogP contribution < -0.4 is 10.5 Å². The van der Waals surface area contributed by atoms with Crippen molar-refractivity contribution < 1.29 is 12.8 Å². The summed E-state index contributed by atoms with van der Waals surface area (Å²) < 4.78 is 39.8. The van der Waals surface area contributed by atoms with E-state index in [1.165, 1.54) is 24.3 Å². The second kappa shape index (κ2) is 5.60. The molecule has 0 heterocycles. The molecule has 0 saturated carbocycles. The fraction of sp³-hybridized carbons (Fsp3) is 0. The third-order valence-corrected chi connectivity index (χ3v) is 4.30. The lowest BCUT2D eigenvalue weighted by atomic mass is 10.2. The van der Waals surface area contributed by atoms with Crippen molar-refractivity contribution in [2.45, 2.75) is 4.90 Å². The van der Waals surface area contributed by atoms with Crippen molar-refractivity contribution >= 4 is 33.0 Å². The lowest BCUT2D eigenvalue weighted by molar-refractivity contribution is 0.596. The van der Waals surface area contributed by atoms with Gasteiger partial charge in [-0.15, -0.1) is 0 Å². The Morgan fingerprint density at radius 3 is 2.52 bits per heavy atom. The molecule has 0 fully saturated rings. The molecule has 0 aliphatic carbocycles. The van der Waals surface area contributed by atoms with E-state index in [0.717, 1.165) is 12.1 Å². The molecule has 8 heteroatoms. The molecule has 2 aromatic carbocycles. The second-order valence-corrected chi connectivity index (χ2v) is 6.18. The van der Waals surface area contributed by atoms with Crippen molar-refractivity contribution in [3.05, 3.63) is 52.8 Å². The number of halogens is 2. The number of nitrogens with one attached hydrogen (secondary N) is 1. The minimum Gasteiger partial charge on any atom is -0.396 e. The molecule has 2 aromatic rings. The third-order valence-electron chi connectivity index (χ3n) is 2.62. The molecule has 0 amide bonds. The fourth-order valence-electron chi connectivity index (χ4n) is 1.55. The molecule has 0 radical (unpaired) electrons. The first-order valence-electron chi connectivity index (χ1n) is 5.61. The van der Waals surface area contributed by atoms with Crippen LogP contribution in [0, 0.1) is 17.1 Å².